The van der Waals surface area contributed by atoms with E-state index in [1.165, 1.54) is 6.07 Å². The molecule has 1 aliphatic heterocycles. The quantitative estimate of drug-likeness (QED) is 0.752. The molecule has 1 aromatic carbocycles. The largest absolute Gasteiger partial charge is 0.416 e. The lowest BCUT2D eigenvalue weighted by Gasteiger charge is -2.38. The molecule has 1 saturated carbocycles. The summed E-state index contributed by atoms with van der Waals surface area (Å²) < 4.78 is 39.0. The van der Waals surface area contributed by atoms with Crippen molar-refractivity contribution in [2.75, 3.05) is 31.1 Å². The van der Waals surface area contributed by atoms with Crippen molar-refractivity contribution >= 4 is 17.5 Å². The first kappa shape index (κ1) is 23.4. The summed E-state index contributed by atoms with van der Waals surface area (Å²) in [6.07, 6.45) is 0.633. The van der Waals surface area contributed by atoms with Gasteiger partial charge in [0.15, 0.2) is 0 Å². The second-order valence-corrected chi connectivity index (χ2v) is 8.93. The first-order valence-corrected chi connectivity index (χ1v) is 11.2. The Kier molecular flexibility index (Phi) is 7.49. The van der Waals surface area contributed by atoms with Crippen LogP contribution in [-0.4, -0.2) is 48.9 Å². The van der Waals surface area contributed by atoms with Crippen LogP contribution in [0.2, 0.25) is 0 Å². The number of carbonyl (C=O) groups is 2. The fourth-order valence-electron chi connectivity index (χ4n) is 4.41. The molecular formula is C23H32F3N3O2. The Morgan fingerprint density at radius 3 is 2.26 bits per heavy atom. The van der Waals surface area contributed by atoms with Crippen LogP contribution in [0, 0.1) is 11.8 Å². The fourth-order valence-corrected chi connectivity index (χ4v) is 4.41. The van der Waals surface area contributed by atoms with Crippen LogP contribution >= 0.6 is 0 Å². The number of alkyl halides is 3. The minimum atomic E-state index is -4.38. The van der Waals surface area contributed by atoms with Crippen molar-refractivity contribution in [2.45, 2.75) is 58.2 Å². The predicted molar refractivity (Wildman–Crippen MR) is 114 cm³/mol. The summed E-state index contributed by atoms with van der Waals surface area (Å²) in [6, 6.07) is 4.71. The summed E-state index contributed by atoms with van der Waals surface area (Å²) >= 11 is 0. The number of anilines is 1. The standard InChI is InChI=1S/C23H32F3N3O2/c1-16(2)20(27-21(30)17-7-4-3-5-8-17)22(31)29-13-11-28(12-14-29)19-10-6-9-18(15-19)23(24,25)26/h6,9-10,15-17,20H,3-5,7-8,11-14H2,1-2H3,(H,27,30). The van der Waals surface area contributed by atoms with Crippen LogP contribution in [-0.2, 0) is 15.8 Å². The van der Waals surface area contributed by atoms with Gasteiger partial charge in [0.25, 0.3) is 0 Å². The lowest BCUT2D eigenvalue weighted by molar-refractivity contribution is -0.139. The fraction of sp³-hybridized carbons (Fsp3) is 0.652. The van der Waals surface area contributed by atoms with Crippen molar-refractivity contribution in [2.24, 2.45) is 11.8 Å². The van der Waals surface area contributed by atoms with E-state index in [9.17, 15) is 22.8 Å². The van der Waals surface area contributed by atoms with Gasteiger partial charge in [-0.2, -0.15) is 13.2 Å². The Labute approximate surface area is 182 Å². The van der Waals surface area contributed by atoms with E-state index in [-0.39, 0.29) is 23.7 Å². The molecular weight excluding hydrogens is 407 g/mol. The van der Waals surface area contributed by atoms with E-state index >= 15 is 0 Å². The molecule has 0 spiro atoms. The van der Waals surface area contributed by atoms with Crippen molar-refractivity contribution in [3.05, 3.63) is 29.8 Å². The number of nitrogens with zero attached hydrogens (tertiary/aromatic N) is 2. The normalized spacial score (nSPS) is 19.4. The molecule has 3 rings (SSSR count). The maximum atomic E-state index is 13.1. The van der Waals surface area contributed by atoms with E-state index in [2.05, 4.69) is 5.32 Å². The first-order chi connectivity index (χ1) is 14.7. The topological polar surface area (TPSA) is 52.7 Å². The molecule has 1 atom stereocenters. The van der Waals surface area contributed by atoms with E-state index in [1.807, 2.05) is 18.7 Å². The molecule has 5 nitrogen and oxygen atoms in total. The van der Waals surface area contributed by atoms with Gasteiger partial charge >= 0.3 is 6.18 Å². The molecule has 8 heteroatoms. The van der Waals surface area contributed by atoms with Gasteiger partial charge in [-0.15, -0.1) is 0 Å². The highest BCUT2D eigenvalue weighted by Gasteiger charge is 2.34. The smallest absolute Gasteiger partial charge is 0.368 e. The third kappa shape index (κ3) is 5.92. The van der Waals surface area contributed by atoms with Crippen LogP contribution in [0.4, 0.5) is 18.9 Å². The Morgan fingerprint density at radius 2 is 1.68 bits per heavy atom. The Morgan fingerprint density at radius 1 is 1.03 bits per heavy atom. The molecule has 2 amide bonds. The Bertz CT molecular complexity index is 768. The Hall–Kier alpha value is -2.25. The molecule has 1 heterocycles. The molecule has 2 aliphatic rings. The average molecular weight is 440 g/mol. The van der Waals surface area contributed by atoms with Gasteiger partial charge < -0.3 is 15.1 Å². The predicted octanol–water partition coefficient (Wildman–Crippen LogP) is 4.08. The first-order valence-electron chi connectivity index (χ1n) is 11.2. The average Bonchev–Trinajstić information content (AvgIpc) is 2.77. The van der Waals surface area contributed by atoms with Gasteiger partial charge in [0.05, 0.1) is 5.56 Å². The molecule has 0 bridgehead atoms. The summed E-state index contributed by atoms with van der Waals surface area (Å²) in [5, 5.41) is 2.98. The molecule has 1 N–H and O–H groups in total. The summed E-state index contributed by atoms with van der Waals surface area (Å²) in [5.74, 6) is -0.195. The minimum absolute atomic E-state index is 0.0134. The zero-order valence-electron chi connectivity index (χ0n) is 18.3. The van der Waals surface area contributed by atoms with E-state index in [4.69, 9.17) is 0 Å². The second-order valence-electron chi connectivity index (χ2n) is 8.93. The van der Waals surface area contributed by atoms with Crippen molar-refractivity contribution in [1.29, 1.82) is 0 Å². The summed E-state index contributed by atoms with van der Waals surface area (Å²) in [4.78, 5) is 29.4. The van der Waals surface area contributed by atoms with Crippen molar-refractivity contribution in [3.63, 3.8) is 0 Å². The number of benzene rings is 1. The third-order valence-corrected chi connectivity index (χ3v) is 6.34. The Balaban J connectivity index is 1.59. The van der Waals surface area contributed by atoms with Crippen LogP contribution in [0.5, 0.6) is 0 Å². The van der Waals surface area contributed by atoms with Gasteiger partial charge in [-0.1, -0.05) is 39.2 Å². The van der Waals surface area contributed by atoms with E-state index < -0.39 is 17.8 Å². The third-order valence-electron chi connectivity index (χ3n) is 6.34. The van der Waals surface area contributed by atoms with Crippen LogP contribution in [0.25, 0.3) is 0 Å². The highest BCUT2D eigenvalue weighted by Crippen LogP contribution is 2.32. The van der Waals surface area contributed by atoms with Crippen LogP contribution in [0.3, 0.4) is 0 Å². The van der Waals surface area contributed by atoms with Crippen molar-refractivity contribution < 1.29 is 22.8 Å². The van der Waals surface area contributed by atoms with Crippen LogP contribution < -0.4 is 10.2 Å². The van der Waals surface area contributed by atoms with Gasteiger partial charge in [0.1, 0.15) is 6.04 Å². The van der Waals surface area contributed by atoms with E-state index in [0.717, 1.165) is 44.2 Å². The number of nitrogens with one attached hydrogen (secondary N) is 1. The van der Waals surface area contributed by atoms with Gasteiger partial charge in [0.2, 0.25) is 11.8 Å². The van der Waals surface area contributed by atoms with Gasteiger partial charge in [0, 0.05) is 37.8 Å². The lowest BCUT2D eigenvalue weighted by atomic mass is 9.88. The maximum Gasteiger partial charge on any atom is 0.416 e. The minimum Gasteiger partial charge on any atom is -0.368 e. The molecule has 1 unspecified atom stereocenters. The highest BCUT2D eigenvalue weighted by atomic mass is 19.4. The number of piperazine rings is 1. The molecule has 1 aromatic rings. The lowest BCUT2D eigenvalue weighted by Crippen LogP contribution is -2.57. The molecule has 2 fully saturated rings. The van der Waals surface area contributed by atoms with Crippen LogP contribution in [0.1, 0.15) is 51.5 Å². The number of hydrogen-bond donors (Lipinski definition) is 1. The molecule has 0 radical (unpaired) electrons. The molecule has 1 saturated heterocycles. The zero-order valence-corrected chi connectivity index (χ0v) is 18.3. The number of hydrogen-bond acceptors (Lipinski definition) is 3. The monoisotopic (exact) mass is 439 g/mol. The number of amides is 2. The maximum absolute atomic E-state index is 13.1. The molecule has 172 valence electrons. The van der Waals surface area contributed by atoms with E-state index in [0.29, 0.717) is 31.9 Å². The van der Waals surface area contributed by atoms with Gasteiger partial charge in [-0.05, 0) is 37.0 Å². The van der Waals surface area contributed by atoms with Crippen molar-refractivity contribution in [3.8, 4) is 0 Å². The molecule has 31 heavy (non-hydrogen) atoms. The van der Waals surface area contributed by atoms with Gasteiger partial charge in [-0.3, -0.25) is 9.59 Å². The van der Waals surface area contributed by atoms with E-state index in [1.54, 1.807) is 11.0 Å². The molecule has 0 aromatic heterocycles. The van der Waals surface area contributed by atoms with Crippen LogP contribution in [0.15, 0.2) is 24.3 Å². The van der Waals surface area contributed by atoms with Crippen molar-refractivity contribution in [1.82, 2.24) is 10.2 Å². The SMILES string of the molecule is CC(C)C(NC(=O)C1CCCCC1)C(=O)N1CCN(c2cccc(C(F)(F)F)c2)CC1. The highest BCUT2D eigenvalue weighted by molar-refractivity contribution is 5.89. The van der Waals surface area contributed by atoms with Gasteiger partial charge in [-0.25, -0.2) is 0 Å². The number of carbonyl (C=O) groups excluding carboxylic acids is 2. The summed E-state index contributed by atoms with van der Waals surface area (Å²) in [5.41, 5.74) is -0.165. The summed E-state index contributed by atoms with van der Waals surface area (Å²) in [6.45, 7) is 5.57. The summed E-state index contributed by atoms with van der Waals surface area (Å²) in [7, 11) is 0. The number of rotatable bonds is 5. The zero-order chi connectivity index (χ0) is 22.6. The second kappa shape index (κ2) is 9.92. The molecule has 1 aliphatic carbocycles. The number of halogens is 3.